The highest BCUT2D eigenvalue weighted by molar-refractivity contribution is 5.73. The molecule has 1 saturated heterocycles. The minimum atomic E-state index is -0.720. The Bertz CT molecular complexity index is 96.6. The molecule has 0 saturated carbocycles. The fraction of sp³-hybridized carbons (Fsp3) is 0.800. The maximum absolute atomic E-state index is 10.1. The van der Waals surface area contributed by atoms with Crippen molar-refractivity contribution >= 4 is 5.97 Å². The summed E-state index contributed by atoms with van der Waals surface area (Å²) in [4.78, 5) is 10.1. The van der Waals surface area contributed by atoms with Crippen molar-refractivity contribution in [2.24, 2.45) is 0 Å². The van der Waals surface area contributed by atoms with E-state index >= 15 is 0 Å². The lowest BCUT2D eigenvalue weighted by Gasteiger charge is -1.99. The van der Waals surface area contributed by atoms with Crippen LogP contribution < -0.4 is 5.32 Å². The maximum atomic E-state index is 10.1. The molecule has 8 heavy (non-hydrogen) atoms. The van der Waals surface area contributed by atoms with Crippen LogP contribution in [-0.2, 0) is 4.79 Å². The normalized spacial score (nSPS) is 28.2. The summed E-state index contributed by atoms with van der Waals surface area (Å²) in [6.07, 6.45) is 1.78. The van der Waals surface area contributed by atoms with Gasteiger partial charge in [0.25, 0.3) is 0 Å². The molecule has 0 aliphatic carbocycles. The van der Waals surface area contributed by atoms with E-state index in [1.807, 2.05) is 0 Å². The Morgan fingerprint density at radius 1 is 1.75 bits per heavy atom. The highest BCUT2D eigenvalue weighted by atomic mass is 16.5. The van der Waals surface area contributed by atoms with E-state index in [0.717, 1.165) is 19.4 Å². The molecule has 1 aliphatic rings. The van der Waals surface area contributed by atoms with Gasteiger partial charge in [-0.1, -0.05) is 0 Å². The van der Waals surface area contributed by atoms with Crippen LogP contribution in [0.1, 0.15) is 12.8 Å². The van der Waals surface area contributed by atoms with Crippen LogP contribution in [0, 0.1) is 0 Å². The zero-order valence-electron chi connectivity index (χ0n) is 4.55. The summed E-state index contributed by atoms with van der Waals surface area (Å²) in [7, 11) is 0. The van der Waals surface area contributed by atoms with Gasteiger partial charge in [0, 0.05) is 0 Å². The summed E-state index contributed by atoms with van der Waals surface area (Å²) >= 11 is 0. The van der Waals surface area contributed by atoms with Crippen LogP contribution in [0.5, 0.6) is 0 Å². The summed E-state index contributed by atoms with van der Waals surface area (Å²) in [5, 5.41) is 11.2. The third-order valence-corrected chi connectivity index (χ3v) is 1.36. The third-order valence-electron chi connectivity index (χ3n) is 1.36. The van der Waals surface area contributed by atoms with E-state index in [1.54, 1.807) is 0 Å². The number of rotatable bonds is 1. The molecule has 0 aromatic rings. The smallest absolute Gasteiger partial charge is 0.320 e. The number of aliphatic carboxylic acids is 1. The monoisotopic (exact) mass is 121 g/mol. The van der Waals surface area contributed by atoms with Gasteiger partial charge < -0.3 is 10.4 Å². The van der Waals surface area contributed by atoms with Crippen molar-refractivity contribution in [3.63, 3.8) is 0 Å². The molecule has 1 rings (SSSR count). The first-order valence-electron chi connectivity index (χ1n) is 2.77. The van der Waals surface area contributed by atoms with E-state index in [-0.39, 0.29) is 6.04 Å². The van der Waals surface area contributed by atoms with Crippen molar-refractivity contribution in [3.05, 3.63) is 0 Å². The molecule has 0 aromatic carbocycles. The number of nitrogens with one attached hydrogen (secondary N) is 1. The van der Waals surface area contributed by atoms with E-state index in [2.05, 4.69) is 5.32 Å². The molecule has 46 valence electrons. The first-order chi connectivity index (χ1) is 3.80. The van der Waals surface area contributed by atoms with E-state index in [9.17, 15) is 4.79 Å². The van der Waals surface area contributed by atoms with Crippen molar-refractivity contribution in [2.75, 3.05) is 6.54 Å². The van der Waals surface area contributed by atoms with E-state index in [4.69, 9.17) is 5.11 Å². The van der Waals surface area contributed by atoms with Gasteiger partial charge in [0.05, 0.1) is 0 Å². The lowest BCUT2D eigenvalue weighted by Crippen LogP contribution is -2.29. The molecule has 0 amide bonds. The second-order valence-corrected chi connectivity index (χ2v) is 1.99. The van der Waals surface area contributed by atoms with Crippen LogP contribution in [-0.4, -0.2) is 23.7 Å². The Morgan fingerprint density at radius 2 is 2.50 bits per heavy atom. The number of carbonyl (C=O) groups is 1. The van der Waals surface area contributed by atoms with Crippen molar-refractivity contribution in [1.29, 1.82) is 0 Å². The zero-order valence-corrected chi connectivity index (χ0v) is 4.55. The van der Waals surface area contributed by atoms with E-state index in [1.165, 1.54) is 0 Å². The second-order valence-electron chi connectivity index (χ2n) is 1.99. The molecular formula is C5H9NO2. The molecule has 0 aromatic heterocycles. The number of hydrogen-bond acceptors (Lipinski definition) is 2. The number of hydrogen-bond donors (Lipinski definition) is 2. The standard InChI is InChI=1S/C5H9NO2/c7-5(8)4-2-1-3-6-4/h4,6H,1-3H2,(H,7,8)/t4-/m1/s1/i1+1,2+1,3+1,4+1,5+1,6+1. The zero-order chi connectivity index (χ0) is 5.98. The SMILES string of the molecule is O=[13C](O)[13C@H]1[13CH2][13CH2][13CH2][15NH]1. The second kappa shape index (κ2) is 2.13. The summed E-state index contributed by atoms with van der Waals surface area (Å²) < 4.78 is 0. The van der Waals surface area contributed by atoms with Gasteiger partial charge in [-0.05, 0) is 19.4 Å². The van der Waals surface area contributed by atoms with E-state index < -0.39 is 5.97 Å². The summed E-state index contributed by atoms with van der Waals surface area (Å²) in [6, 6.07) is -0.269. The summed E-state index contributed by atoms with van der Waals surface area (Å²) in [6.45, 7) is 0.858. The quantitative estimate of drug-likeness (QED) is 0.374. The van der Waals surface area contributed by atoms with Crippen LogP contribution in [0.3, 0.4) is 0 Å². The summed E-state index contributed by atoms with van der Waals surface area (Å²) in [5.74, 6) is -0.720. The van der Waals surface area contributed by atoms with Gasteiger partial charge in [-0.2, -0.15) is 0 Å². The Balaban J connectivity index is 2.35. The predicted molar refractivity (Wildman–Crippen MR) is 28.7 cm³/mol. The lowest BCUT2D eigenvalue weighted by molar-refractivity contribution is -0.139. The summed E-state index contributed by atoms with van der Waals surface area (Å²) in [5.41, 5.74) is 0. The first kappa shape index (κ1) is 5.56. The molecule has 2 N–H and O–H groups in total. The lowest BCUT2D eigenvalue weighted by atomic mass is 11.2. The molecule has 0 bridgehead atoms. The Labute approximate surface area is 47.7 Å². The molecule has 1 aliphatic heterocycles. The van der Waals surface area contributed by atoms with Gasteiger partial charge in [-0.15, -0.1) is 0 Å². The molecule has 3 nitrogen and oxygen atoms in total. The highest BCUT2D eigenvalue weighted by Crippen LogP contribution is 2.03. The van der Waals surface area contributed by atoms with Crippen LogP contribution >= 0.6 is 0 Å². The minimum absolute atomic E-state index is 0.269. The topological polar surface area (TPSA) is 49.3 Å². The average Bonchev–Trinajstić information content (AvgIpc) is 2.12. The molecule has 1 heterocycles. The van der Waals surface area contributed by atoms with Gasteiger partial charge in [-0.25, -0.2) is 0 Å². The van der Waals surface area contributed by atoms with Gasteiger partial charge in [-0.3, -0.25) is 4.79 Å². The fourth-order valence-corrected chi connectivity index (χ4v) is 0.895. The molecular weight excluding hydrogens is 112 g/mol. The van der Waals surface area contributed by atoms with Crippen molar-refractivity contribution in [1.82, 2.24) is 5.32 Å². The first-order valence-corrected chi connectivity index (χ1v) is 2.77. The largest absolute Gasteiger partial charge is 0.480 e. The van der Waals surface area contributed by atoms with E-state index in [0.29, 0.717) is 0 Å². The maximum Gasteiger partial charge on any atom is 0.320 e. The van der Waals surface area contributed by atoms with Gasteiger partial charge in [0.1, 0.15) is 6.04 Å². The van der Waals surface area contributed by atoms with Crippen LogP contribution in [0.2, 0.25) is 0 Å². The molecule has 1 atom stereocenters. The average molecular weight is 121 g/mol. The molecule has 1 fully saturated rings. The predicted octanol–water partition coefficient (Wildman–Crippen LogP) is -0.177. The molecule has 0 spiro atoms. The van der Waals surface area contributed by atoms with Crippen molar-refractivity contribution in [3.8, 4) is 0 Å². The Kier molecular flexibility index (Phi) is 1.48. The van der Waals surface area contributed by atoms with Crippen molar-refractivity contribution in [2.45, 2.75) is 18.9 Å². The van der Waals surface area contributed by atoms with Gasteiger partial charge in [0.15, 0.2) is 0 Å². The fourth-order valence-electron chi connectivity index (χ4n) is 0.895. The number of carboxylic acid groups (broad SMARTS) is 1. The van der Waals surface area contributed by atoms with Gasteiger partial charge >= 0.3 is 5.97 Å². The minimum Gasteiger partial charge on any atom is -0.480 e. The molecule has 3 heteroatoms. The third kappa shape index (κ3) is 0.980. The van der Waals surface area contributed by atoms with Crippen LogP contribution in [0.25, 0.3) is 0 Å². The Morgan fingerprint density at radius 3 is 2.75 bits per heavy atom. The Hall–Kier alpha value is -0.570. The number of carboxylic acids is 1. The van der Waals surface area contributed by atoms with Crippen LogP contribution in [0.15, 0.2) is 0 Å². The van der Waals surface area contributed by atoms with Crippen LogP contribution in [0.4, 0.5) is 0 Å². The molecule has 0 radical (unpaired) electrons. The van der Waals surface area contributed by atoms with Crippen molar-refractivity contribution < 1.29 is 9.90 Å². The highest BCUT2D eigenvalue weighted by Gasteiger charge is 2.20. The van der Waals surface area contributed by atoms with Gasteiger partial charge in [0.2, 0.25) is 0 Å². The molecule has 0 unspecified atom stereocenters.